The summed E-state index contributed by atoms with van der Waals surface area (Å²) < 4.78 is 24.7. The van der Waals surface area contributed by atoms with Gasteiger partial charge in [-0.05, 0) is 61.8 Å². The second-order valence-electron chi connectivity index (χ2n) is 6.63. The maximum Gasteiger partial charge on any atom is 0.223 e. The standard InChI is InChI=1S/C21H25FN2O3/c1-26-17-5-3-4-15(12-17)20(18-13-16(22)6-7-19(18)27-2)24-21(25)14-8-10-23-11-9-14/h3-7,12-14,20,23H,8-11H2,1-2H3,(H,24,25). The molecule has 0 radical (unpaired) electrons. The Balaban J connectivity index is 1.98. The quantitative estimate of drug-likeness (QED) is 0.818. The van der Waals surface area contributed by atoms with E-state index in [1.54, 1.807) is 13.2 Å². The maximum atomic E-state index is 14.0. The van der Waals surface area contributed by atoms with E-state index in [-0.39, 0.29) is 17.6 Å². The minimum atomic E-state index is -0.534. The fourth-order valence-electron chi connectivity index (χ4n) is 3.44. The van der Waals surface area contributed by atoms with Gasteiger partial charge in [0.1, 0.15) is 17.3 Å². The van der Waals surface area contributed by atoms with Crippen LogP contribution in [0.15, 0.2) is 42.5 Å². The molecule has 0 bridgehead atoms. The van der Waals surface area contributed by atoms with Crippen molar-refractivity contribution in [2.45, 2.75) is 18.9 Å². The van der Waals surface area contributed by atoms with E-state index in [2.05, 4.69) is 10.6 Å². The molecule has 1 fully saturated rings. The lowest BCUT2D eigenvalue weighted by molar-refractivity contribution is -0.126. The van der Waals surface area contributed by atoms with Crippen LogP contribution >= 0.6 is 0 Å². The van der Waals surface area contributed by atoms with Crippen LogP contribution < -0.4 is 20.1 Å². The molecule has 6 heteroatoms. The van der Waals surface area contributed by atoms with Crippen molar-refractivity contribution in [3.05, 3.63) is 59.4 Å². The molecule has 3 rings (SSSR count). The molecule has 0 aliphatic carbocycles. The van der Waals surface area contributed by atoms with Crippen molar-refractivity contribution in [2.24, 2.45) is 5.92 Å². The highest BCUT2D eigenvalue weighted by Crippen LogP contribution is 2.33. The Labute approximate surface area is 158 Å². The third-order valence-corrected chi connectivity index (χ3v) is 4.93. The summed E-state index contributed by atoms with van der Waals surface area (Å²) in [5.74, 6) is 0.725. The van der Waals surface area contributed by atoms with E-state index >= 15 is 0 Å². The number of piperidine rings is 1. The van der Waals surface area contributed by atoms with Gasteiger partial charge in [-0.1, -0.05) is 12.1 Å². The van der Waals surface area contributed by atoms with Gasteiger partial charge in [0.15, 0.2) is 0 Å². The van der Waals surface area contributed by atoms with E-state index in [1.165, 1.54) is 19.2 Å². The predicted molar refractivity (Wildman–Crippen MR) is 102 cm³/mol. The van der Waals surface area contributed by atoms with Gasteiger partial charge in [-0.3, -0.25) is 4.79 Å². The number of carbonyl (C=O) groups is 1. The number of methoxy groups -OCH3 is 2. The number of amides is 1. The van der Waals surface area contributed by atoms with Gasteiger partial charge >= 0.3 is 0 Å². The fraction of sp³-hybridized carbons (Fsp3) is 0.381. The molecule has 27 heavy (non-hydrogen) atoms. The molecule has 5 nitrogen and oxygen atoms in total. The zero-order chi connectivity index (χ0) is 19.2. The van der Waals surface area contributed by atoms with Gasteiger partial charge < -0.3 is 20.1 Å². The summed E-state index contributed by atoms with van der Waals surface area (Å²) in [6.45, 7) is 1.65. The van der Waals surface area contributed by atoms with E-state index in [9.17, 15) is 9.18 Å². The number of ether oxygens (including phenoxy) is 2. The Hall–Kier alpha value is -2.60. The van der Waals surface area contributed by atoms with Crippen LogP contribution in [0.2, 0.25) is 0 Å². The number of halogens is 1. The van der Waals surface area contributed by atoms with Crippen LogP contribution in [0, 0.1) is 11.7 Å². The number of nitrogens with one attached hydrogen (secondary N) is 2. The maximum absolute atomic E-state index is 14.0. The summed E-state index contributed by atoms with van der Waals surface area (Å²) >= 11 is 0. The van der Waals surface area contributed by atoms with Crippen molar-refractivity contribution in [1.82, 2.24) is 10.6 Å². The Morgan fingerprint density at radius 3 is 2.63 bits per heavy atom. The van der Waals surface area contributed by atoms with Gasteiger partial charge in [-0.15, -0.1) is 0 Å². The van der Waals surface area contributed by atoms with Crippen LogP contribution in [0.1, 0.15) is 30.0 Å². The SMILES string of the molecule is COc1cccc(C(NC(=O)C2CCNCC2)c2cc(F)ccc2OC)c1. The second kappa shape index (κ2) is 8.86. The normalized spacial score (nSPS) is 15.8. The fourth-order valence-corrected chi connectivity index (χ4v) is 3.44. The highest BCUT2D eigenvalue weighted by molar-refractivity contribution is 5.80. The van der Waals surface area contributed by atoms with Crippen molar-refractivity contribution in [3.8, 4) is 11.5 Å². The number of hydrogen-bond donors (Lipinski definition) is 2. The number of benzene rings is 2. The van der Waals surface area contributed by atoms with E-state index in [0.717, 1.165) is 31.5 Å². The number of hydrogen-bond acceptors (Lipinski definition) is 4. The van der Waals surface area contributed by atoms with Crippen molar-refractivity contribution < 1.29 is 18.7 Å². The van der Waals surface area contributed by atoms with Crippen LogP contribution in [0.25, 0.3) is 0 Å². The van der Waals surface area contributed by atoms with Crippen LogP contribution in [-0.4, -0.2) is 33.2 Å². The van der Waals surface area contributed by atoms with Crippen LogP contribution in [-0.2, 0) is 4.79 Å². The van der Waals surface area contributed by atoms with Gasteiger partial charge in [0, 0.05) is 11.5 Å². The lowest BCUT2D eigenvalue weighted by Gasteiger charge is -2.27. The molecular weight excluding hydrogens is 347 g/mol. The first-order chi connectivity index (χ1) is 13.1. The van der Waals surface area contributed by atoms with Crippen molar-refractivity contribution in [2.75, 3.05) is 27.3 Å². The molecule has 1 aliphatic rings. The summed E-state index contributed by atoms with van der Waals surface area (Å²) in [7, 11) is 3.12. The number of carbonyl (C=O) groups excluding carboxylic acids is 1. The summed E-state index contributed by atoms with van der Waals surface area (Å²) in [4.78, 5) is 12.9. The van der Waals surface area contributed by atoms with Crippen molar-refractivity contribution in [3.63, 3.8) is 0 Å². The minimum absolute atomic E-state index is 0.0318. The second-order valence-corrected chi connectivity index (χ2v) is 6.63. The van der Waals surface area contributed by atoms with Crippen molar-refractivity contribution in [1.29, 1.82) is 0 Å². The molecule has 1 aliphatic heterocycles. The van der Waals surface area contributed by atoms with Gasteiger partial charge in [0.25, 0.3) is 0 Å². The molecule has 0 aromatic heterocycles. The van der Waals surface area contributed by atoms with Gasteiger partial charge in [0.05, 0.1) is 20.3 Å². The summed E-state index contributed by atoms with van der Waals surface area (Å²) in [6, 6.07) is 11.2. The Morgan fingerprint density at radius 2 is 1.93 bits per heavy atom. The van der Waals surface area contributed by atoms with Crippen LogP contribution in [0.5, 0.6) is 11.5 Å². The molecular formula is C21H25FN2O3. The van der Waals surface area contributed by atoms with Gasteiger partial charge in [0.2, 0.25) is 5.91 Å². The average Bonchev–Trinajstić information content (AvgIpc) is 2.72. The Bertz CT molecular complexity index is 791. The van der Waals surface area contributed by atoms with Gasteiger partial charge in [-0.2, -0.15) is 0 Å². The number of rotatable bonds is 6. The molecule has 2 aromatic carbocycles. The summed E-state index contributed by atoms with van der Waals surface area (Å²) in [5, 5.41) is 6.36. The highest BCUT2D eigenvalue weighted by Gasteiger charge is 2.27. The van der Waals surface area contributed by atoms with E-state index in [4.69, 9.17) is 9.47 Å². The predicted octanol–water partition coefficient (Wildman–Crippen LogP) is 3.05. The molecule has 0 spiro atoms. The first-order valence-corrected chi connectivity index (χ1v) is 9.11. The molecule has 1 amide bonds. The lowest BCUT2D eigenvalue weighted by Crippen LogP contribution is -2.40. The smallest absolute Gasteiger partial charge is 0.223 e. The largest absolute Gasteiger partial charge is 0.497 e. The first kappa shape index (κ1) is 19.2. The van der Waals surface area contributed by atoms with Gasteiger partial charge in [-0.25, -0.2) is 4.39 Å². The molecule has 0 saturated carbocycles. The van der Waals surface area contributed by atoms with Crippen LogP contribution in [0.4, 0.5) is 4.39 Å². The molecule has 1 unspecified atom stereocenters. The van der Waals surface area contributed by atoms with Crippen LogP contribution in [0.3, 0.4) is 0 Å². The summed E-state index contributed by atoms with van der Waals surface area (Å²) in [5.41, 5.74) is 1.38. The zero-order valence-electron chi connectivity index (χ0n) is 15.6. The highest BCUT2D eigenvalue weighted by atomic mass is 19.1. The van der Waals surface area contributed by atoms with E-state index in [1.807, 2.05) is 24.3 Å². The third kappa shape index (κ3) is 4.57. The van der Waals surface area contributed by atoms with E-state index < -0.39 is 6.04 Å². The molecule has 144 valence electrons. The van der Waals surface area contributed by atoms with Crippen molar-refractivity contribution >= 4 is 5.91 Å². The first-order valence-electron chi connectivity index (χ1n) is 9.11. The topological polar surface area (TPSA) is 59.6 Å². The van der Waals surface area contributed by atoms with E-state index in [0.29, 0.717) is 17.1 Å². The molecule has 1 saturated heterocycles. The molecule has 2 aromatic rings. The third-order valence-electron chi connectivity index (χ3n) is 4.93. The Kier molecular flexibility index (Phi) is 6.29. The lowest BCUT2D eigenvalue weighted by atomic mass is 9.93. The Morgan fingerprint density at radius 1 is 1.15 bits per heavy atom. The average molecular weight is 372 g/mol. The monoisotopic (exact) mass is 372 g/mol. The molecule has 1 atom stereocenters. The molecule has 2 N–H and O–H groups in total. The molecule has 1 heterocycles. The summed E-state index contributed by atoms with van der Waals surface area (Å²) in [6.07, 6.45) is 1.58. The zero-order valence-corrected chi connectivity index (χ0v) is 15.6. The minimum Gasteiger partial charge on any atom is -0.497 e.